The summed E-state index contributed by atoms with van der Waals surface area (Å²) in [5.74, 6) is -5.44. The number of ketones is 1. The van der Waals surface area contributed by atoms with E-state index < -0.39 is 72.1 Å². The number of aliphatic hydroxyl groups is 4. The Morgan fingerprint density at radius 1 is 1.19 bits per heavy atom. The van der Waals surface area contributed by atoms with Crippen molar-refractivity contribution in [3.8, 4) is 0 Å². The number of hydrogen-bond acceptors (Lipinski definition) is 10. The molecule has 1 rings (SSSR count). The lowest BCUT2D eigenvalue weighted by Crippen LogP contribution is -2.76. The molecule has 11 nitrogen and oxygen atoms in total. The predicted molar refractivity (Wildman–Crippen MR) is 109 cm³/mol. The van der Waals surface area contributed by atoms with E-state index in [0.29, 0.717) is 11.3 Å². The van der Waals surface area contributed by atoms with Crippen LogP contribution in [0.3, 0.4) is 0 Å². The van der Waals surface area contributed by atoms with E-state index in [-0.39, 0.29) is 6.42 Å². The number of ether oxygens (including phenoxy) is 2. The molecular formula is C20H36N2O9. The number of aliphatic hydroxyl groups excluding tert-OH is 3. The molecule has 6 N–H and O–H groups in total. The molecule has 2 amide bonds. The number of rotatable bonds is 7. The highest BCUT2D eigenvalue weighted by Gasteiger charge is 2.62. The lowest BCUT2D eigenvalue weighted by Gasteiger charge is -2.50. The molecule has 0 aromatic rings. The topological polar surface area (TPSA) is 180 Å². The van der Waals surface area contributed by atoms with Gasteiger partial charge in [0.05, 0.1) is 12.6 Å². The third-order valence-electron chi connectivity index (χ3n) is 4.94. The maximum Gasteiger partial charge on any atom is 0.417 e. The van der Waals surface area contributed by atoms with Gasteiger partial charge in [0.2, 0.25) is 11.7 Å². The number of nitrogens with zero attached hydrogens (tertiary/aromatic N) is 1. The molecule has 6 atom stereocenters. The summed E-state index contributed by atoms with van der Waals surface area (Å²) < 4.78 is 10.6. The minimum absolute atomic E-state index is 0.178. The fourth-order valence-electron chi connectivity index (χ4n) is 3.24. The molecule has 180 valence electrons. The fourth-order valence-corrected chi connectivity index (χ4v) is 3.24. The number of carbonyl (C=O) groups is 3. The van der Waals surface area contributed by atoms with Gasteiger partial charge >= 0.3 is 6.09 Å². The van der Waals surface area contributed by atoms with Crippen LogP contribution in [0.25, 0.3) is 0 Å². The Bertz CT molecular complexity index is 664. The van der Waals surface area contributed by atoms with Crippen molar-refractivity contribution in [3.63, 3.8) is 0 Å². The molecule has 1 saturated heterocycles. The van der Waals surface area contributed by atoms with Crippen LogP contribution in [0.1, 0.15) is 54.4 Å². The third kappa shape index (κ3) is 5.99. The fraction of sp³-hybridized carbons (Fsp3) is 0.850. The molecule has 1 heterocycles. The first-order valence-corrected chi connectivity index (χ1v) is 10.3. The van der Waals surface area contributed by atoms with Crippen LogP contribution >= 0.6 is 0 Å². The Kier molecular flexibility index (Phi) is 9.13. The quantitative estimate of drug-likeness (QED) is 0.333. The van der Waals surface area contributed by atoms with E-state index in [4.69, 9.17) is 15.2 Å². The van der Waals surface area contributed by atoms with Crippen molar-refractivity contribution < 1.29 is 44.3 Å². The summed E-state index contributed by atoms with van der Waals surface area (Å²) in [6.07, 6.45) is -6.53. The Hall–Kier alpha value is -1.63. The Morgan fingerprint density at radius 3 is 2.16 bits per heavy atom. The molecule has 0 bridgehead atoms. The zero-order valence-electron chi connectivity index (χ0n) is 18.9. The number of amides is 2. The second-order valence-electron chi connectivity index (χ2n) is 9.09. The van der Waals surface area contributed by atoms with Gasteiger partial charge in [-0.2, -0.15) is 0 Å². The first-order chi connectivity index (χ1) is 14.1. The van der Waals surface area contributed by atoms with Gasteiger partial charge in [-0.1, -0.05) is 20.8 Å². The molecule has 0 aliphatic carbocycles. The maximum atomic E-state index is 13.1. The molecular weight excluding hydrogens is 412 g/mol. The van der Waals surface area contributed by atoms with Crippen LogP contribution in [0.5, 0.6) is 0 Å². The van der Waals surface area contributed by atoms with E-state index >= 15 is 0 Å². The average Bonchev–Trinajstić information content (AvgIpc) is 2.65. The monoisotopic (exact) mass is 448 g/mol. The van der Waals surface area contributed by atoms with Gasteiger partial charge in [-0.25, -0.2) is 9.69 Å². The van der Waals surface area contributed by atoms with Gasteiger partial charge in [0, 0.05) is 6.42 Å². The molecule has 1 unspecified atom stereocenters. The van der Waals surface area contributed by atoms with E-state index in [1.54, 1.807) is 41.5 Å². The molecule has 0 radical (unpaired) electrons. The molecule has 0 aromatic carbocycles. The van der Waals surface area contributed by atoms with Gasteiger partial charge in [-0.05, 0) is 33.1 Å². The van der Waals surface area contributed by atoms with Gasteiger partial charge < -0.3 is 35.6 Å². The van der Waals surface area contributed by atoms with Gasteiger partial charge in [-0.15, -0.1) is 0 Å². The van der Waals surface area contributed by atoms with Crippen molar-refractivity contribution in [1.82, 2.24) is 4.90 Å². The molecule has 0 spiro atoms. The minimum atomic E-state index is -2.99. The Labute approximate surface area is 182 Å². The lowest BCUT2D eigenvalue weighted by molar-refractivity contribution is -0.313. The van der Waals surface area contributed by atoms with E-state index in [2.05, 4.69) is 0 Å². The van der Waals surface area contributed by atoms with Crippen LogP contribution < -0.4 is 5.73 Å². The second-order valence-corrected chi connectivity index (χ2v) is 9.09. The number of hydrogen-bond donors (Lipinski definition) is 5. The average molecular weight is 449 g/mol. The van der Waals surface area contributed by atoms with Gasteiger partial charge in [-0.3, -0.25) is 9.59 Å². The van der Waals surface area contributed by atoms with Crippen LogP contribution in [0.4, 0.5) is 4.79 Å². The van der Waals surface area contributed by atoms with Crippen molar-refractivity contribution in [3.05, 3.63) is 0 Å². The van der Waals surface area contributed by atoms with Crippen LogP contribution in [0.15, 0.2) is 0 Å². The van der Waals surface area contributed by atoms with Crippen LogP contribution in [-0.4, -0.2) is 91.5 Å². The summed E-state index contributed by atoms with van der Waals surface area (Å²) in [5, 5.41) is 42.0. The summed E-state index contributed by atoms with van der Waals surface area (Å²) in [7, 11) is 0. The minimum Gasteiger partial charge on any atom is -0.443 e. The van der Waals surface area contributed by atoms with E-state index in [1.165, 1.54) is 0 Å². The summed E-state index contributed by atoms with van der Waals surface area (Å²) >= 11 is 0. The van der Waals surface area contributed by atoms with Crippen molar-refractivity contribution >= 4 is 17.8 Å². The highest BCUT2D eigenvalue weighted by atomic mass is 16.7. The first-order valence-electron chi connectivity index (χ1n) is 10.3. The number of imide groups is 1. The molecule has 1 aliphatic rings. The maximum absolute atomic E-state index is 13.1. The summed E-state index contributed by atoms with van der Waals surface area (Å²) in [4.78, 5) is 39.3. The predicted octanol–water partition coefficient (Wildman–Crippen LogP) is -0.727. The molecule has 11 heteroatoms. The first kappa shape index (κ1) is 27.4. The lowest BCUT2D eigenvalue weighted by atomic mass is 9.82. The summed E-state index contributed by atoms with van der Waals surface area (Å²) in [6.45, 7) is 8.66. The van der Waals surface area contributed by atoms with E-state index in [1.807, 2.05) is 0 Å². The highest BCUT2D eigenvalue weighted by Crippen LogP contribution is 2.35. The SMILES string of the molecule is CCCC(=O)N(C(=O)OC(C)(C)C)[C@@H]1[C@@H](O)[C@H](O)[C@@H](CO)OC1(O)C(=O)[C@@H](N)C(C)C. The molecule has 1 aliphatic heterocycles. The largest absolute Gasteiger partial charge is 0.443 e. The number of Topliss-reactive ketones (excluding diaryl/α,β-unsaturated/α-hetero) is 1. The van der Waals surface area contributed by atoms with Crippen molar-refractivity contribution in [2.24, 2.45) is 11.7 Å². The van der Waals surface area contributed by atoms with E-state index in [0.717, 1.165) is 0 Å². The van der Waals surface area contributed by atoms with Crippen molar-refractivity contribution in [2.45, 2.75) is 96.2 Å². The Morgan fingerprint density at radius 2 is 1.74 bits per heavy atom. The molecule has 1 fully saturated rings. The number of carbonyl (C=O) groups excluding carboxylic acids is 3. The van der Waals surface area contributed by atoms with Crippen LogP contribution in [-0.2, 0) is 19.1 Å². The highest BCUT2D eigenvalue weighted by molar-refractivity contribution is 5.96. The summed E-state index contributed by atoms with van der Waals surface area (Å²) in [6, 6.07) is -3.35. The van der Waals surface area contributed by atoms with Crippen molar-refractivity contribution in [2.75, 3.05) is 6.61 Å². The molecule has 0 aromatic heterocycles. The van der Waals surface area contributed by atoms with E-state index in [9.17, 15) is 34.8 Å². The van der Waals surface area contributed by atoms with Crippen LogP contribution in [0, 0.1) is 5.92 Å². The normalized spacial score (nSPS) is 30.1. The third-order valence-corrected chi connectivity index (χ3v) is 4.94. The second kappa shape index (κ2) is 10.3. The zero-order chi connectivity index (χ0) is 24.3. The van der Waals surface area contributed by atoms with Gasteiger partial charge in [0.15, 0.2) is 0 Å². The van der Waals surface area contributed by atoms with Gasteiger partial charge in [0.25, 0.3) is 5.79 Å². The van der Waals surface area contributed by atoms with Crippen molar-refractivity contribution in [1.29, 1.82) is 0 Å². The Balaban J connectivity index is 3.64. The number of nitrogens with two attached hydrogens (primary N) is 1. The zero-order valence-corrected chi connectivity index (χ0v) is 18.9. The smallest absolute Gasteiger partial charge is 0.417 e. The van der Waals surface area contributed by atoms with Gasteiger partial charge in [0.1, 0.15) is 30.0 Å². The molecule has 0 saturated carbocycles. The molecule has 31 heavy (non-hydrogen) atoms. The van der Waals surface area contributed by atoms with Crippen LogP contribution in [0.2, 0.25) is 0 Å². The standard InChI is InChI=1S/C20H36N2O9/c1-7-8-12(24)22(18(28)31-19(4,5)6)16-15(26)14(25)11(9-23)30-20(16,29)17(27)13(21)10(2)3/h10-11,13-16,23,25-26,29H,7-9,21H2,1-6H3/t11-,13+,14-,15+,16-,20?/m1/s1. The summed E-state index contributed by atoms with van der Waals surface area (Å²) in [5.41, 5.74) is 4.85.